The number of benzene rings is 2. The summed E-state index contributed by atoms with van der Waals surface area (Å²) in [7, 11) is 0. The molecule has 4 rings (SSSR count). The van der Waals surface area contributed by atoms with Crippen LogP contribution in [0, 0.1) is 5.82 Å². The van der Waals surface area contributed by atoms with Crippen LogP contribution in [0.5, 0.6) is 0 Å². The fraction of sp³-hybridized carbons (Fsp3) is 0.300. The third-order valence-electron chi connectivity index (χ3n) is 5.00. The minimum Gasteiger partial charge on any atom is -0.388 e. The monoisotopic (exact) mass is 353 g/mol. The molecule has 2 aliphatic heterocycles. The van der Waals surface area contributed by atoms with Gasteiger partial charge in [0.25, 0.3) is 0 Å². The van der Waals surface area contributed by atoms with Crippen LogP contribution in [0.2, 0.25) is 0 Å². The van der Waals surface area contributed by atoms with Crippen LogP contribution in [-0.2, 0) is 4.84 Å². The number of hydrogen-bond donors (Lipinski definition) is 1. The number of carbonyl (C=O) groups excluding carboxylic acids is 1. The first-order valence-corrected chi connectivity index (χ1v) is 8.76. The molecule has 0 atom stereocenters. The fourth-order valence-corrected chi connectivity index (χ4v) is 3.43. The number of nitrogens with one attached hydrogen (secondary N) is 1. The highest BCUT2D eigenvalue weighted by Gasteiger charge is 2.43. The van der Waals surface area contributed by atoms with E-state index in [-0.39, 0.29) is 17.4 Å². The normalized spacial score (nSPS) is 18.3. The quantitative estimate of drug-likeness (QED) is 0.887. The van der Waals surface area contributed by atoms with E-state index in [4.69, 9.17) is 4.84 Å². The summed E-state index contributed by atoms with van der Waals surface area (Å²) in [5.41, 5.74) is 2.33. The number of hydrogen-bond acceptors (Lipinski definition) is 3. The molecule has 1 spiro atoms. The summed E-state index contributed by atoms with van der Waals surface area (Å²) in [6.45, 7) is 1.20. The number of halogens is 1. The predicted octanol–water partition coefficient (Wildman–Crippen LogP) is 4.02. The minimum absolute atomic E-state index is 0.173. The Morgan fingerprint density at radius 1 is 1.08 bits per heavy atom. The van der Waals surface area contributed by atoms with Gasteiger partial charge >= 0.3 is 6.03 Å². The van der Waals surface area contributed by atoms with E-state index in [1.54, 1.807) is 17.0 Å². The molecule has 2 aromatic rings. The highest BCUT2D eigenvalue weighted by atomic mass is 19.1. The zero-order chi connectivity index (χ0) is 18.0. The van der Waals surface area contributed by atoms with Crippen molar-refractivity contribution in [3.63, 3.8) is 0 Å². The molecule has 0 radical (unpaired) electrons. The van der Waals surface area contributed by atoms with E-state index in [9.17, 15) is 9.18 Å². The predicted molar refractivity (Wildman–Crippen MR) is 97.6 cm³/mol. The lowest BCUT2D eigenvalue weighted by Gasteiger charge is -2.37. The number of piperidine rings is 1. The highest BCUT2D eigenvalue weighted by Crippen LogP contribution is 2.36. The Bertz CT molecular complexity index is 813. The Kier molecular flexibility index (Phi) is 4.32. The van der Waals surface area contributed by atoms with E-state index in [1.807, 2.05) is 30.3 Å². The van der Waals surface area contributed by atoms with Crippen molar-refractivity contribution in [1.29, 1.82) is 0 Å². The van der Waals surface area contributed by atoms with Gasteiger partial charge in [0, 0.05) is 38.0 Å². The van der Waals surface area contributed by atoms with Gasteiger partial charge in [0.15, 0.2) is 0 Å². The highest BCUT2D eigenvalue weighted by molar-refractivity contribution is 6.01. The first kappa shape index (κ1) is 16.6. The molecule has 0 unspecified atom stereocenters. The van der Waals surface area contributed by atoms with E-state index in [0.29, 0.717) is 18.8 Å². The smallest absolute Gasteiger partial charge is 0.321 e. The molecule has 0 aromatic heterocycles. The molecule has 2 aromatic carbocycles. The number of oxime groups is 1. The molecule has 0 aliphatic carbocycles. The molecule has 0 bridgehead atoms. The number of urea groups is 1. The largest absolute Gasteiger partial charge is 0.388 e. The number of carbonyl (C=O) groups is 1. The van der Waals surface area contributed by atoms with Crippen LogP contribution in [0.3, 0.4) is 0 Å². The van der Waals surface area contributed by atoms with Gasteiger partial charge in [-0.25, -0.2) is 9.18 Å². The van der Waals surface area contributed by atoms with Crippen molar-refractivity contribution in [2.24, 2.45) is 5.16 Å². The average molecular weight is 353 g/mol. The minimum atomic E-state index is -0.324. The van der Waals surface area contributed by atoms with Crippen molar-refractivity contribution in [2.45, 2.75) is 24.9 Å². The van der Waals surface area contributed by atoms with Crippen molar-refractivity contribution < 1.29 is 14.0 Å². The first-order valence-electron chi connectivity index (χ1n) is 8.76. The topological polar surface area (TPSA) is 53.9 Å². The van der Waals surface area contributed by atoms with Crippen molar-refractivity contribution in [3.05, 3.63) is 66.0 Å². The van der Waals surface area contributed by atoms with E-state index in [1.165, 1.54) is 12.1 Å². The van der Waals surface area contributed by atoms with Crippen LogP contribution in [0.25, 0.3) is 0 Å². The number of nitrogens with zero attached hydrogens (tertiary/aromatic N) is 2. The Morgan fingerprint density at radius 3 is 2.46 bits per heavy atom. The average Bonchev–Trinajstić information content (AvgIpc) is 3.08. The van der Waals surface area contributed by atoms with Gasteiger partial charge in [-0.3, -0.25) is 0 Å². The van der Waals surface area contributed by atoms with Crippen LogP contribution in [0.4, 0.5) is 14.9 Å². The number of amides is 2. The summed E-state index contributed by atoms with van der Waals surface area (Å²) in [5, 5.41) is 7.09. The van der Waals surface area contributed by atoms with Crippen LogP contribution in [0.1, 0.15) is 24.8 Å². The van der Waals surface area contributed by atoms with Gasteiger partial charge in [-0.1, -0.05) is 35.5 Å². The number of anilines is 1. The second kappa shape index (κ2) is 6.78. The lowest BCUT2D eigenvalue weighted by atomic mass is 9.85. The molecule has 2 amide bonds. The molecule has 1 fully saturated rings. The second-order valence-corrected chi connectivity index (χ2v) is 6.78. The third kappa shape index (κ3) is 3.40. The Morgan fingerprint density at radius 2 is 1.77 bits per heavy atom. The second-order valence-electron chi connectivity index (χ2n) is 6.78. The molecule has 1 N–H and O–H groups in total. The van der Waals surface area contributed by atoms with E-state index < -0.39 is 0 Å². The van der Waals surface area contributed by atoms with Crippen molar-refractivity contribution >= 4 is 17.4 Å². The molecular formula is C20H20FN3O2. The number of rotatable bonds is 2. The van der Waals surface area contributed by atoms with Gasteiger partial charge in [0.05, 0.1) is 5.71 Å². The van der Waals surface area contributed by atoms with Gasteiger partial charge in [0.2, 0.25) is 0 Å². The summed E-state index contributed by atoms with van der Waals surface area (Å²) in [6.07, 6.45) is 2.25. The van der Waals surface area contributed by atoms with Crippen molar-refractivity contribution in [3.8, 4) is 0 Å². The molecule has 6 heteroatoms. The molecule has 26 heavy (non-hydrogen) atoms. The Hall–Kier alpha value is -2.89. The van der Waals surface area contributed by atoms with Crippen molar-refractivity contribution in [2.75, 3.05) is 18.4 Å². The lowest BCUT2D eigenvalue weighted by Crippen LogP contribution is -2.48. The van der Waals surface area contributed by atoms with Crippen LogP contribution in [0.15, 0.2) is 59.8 Å². The summed E-state index contributed by atoms with van der Waals surface area (Å²) < 4.78 is 13.0. The van der Waals surface area contributed by atoms with Gasteiger partial charge in [-0.2, -0.15) is 0 Å². The fourth-order valence-electron chi connectivity index (χ4n) is 3.43. The summed E-state index contributed by atoms with van der Waals surface area (Å²) in [4.78, 5) is 20.0. The molecule has 5 nitrogen and oxygen atoms in total. The zero-order valence-electron chi connectivity index (χ0n) is 14.3. The molecule has 1 saturated heterocycles. The summed E-state index contributed by atoms with van der Waals surface area (Å²) >= 11 is 0. The maximum atomic E-state index is 13.0. The summed E-state index contributed by atoms with van der Waals surface area (Å²) in [5.74, 6) is -0.324. The molecule has 2 heterocycles. The maximum absolute atomic E-state index is 13.0. The van der Waals surface area contributed by atoms with Crippen molar-refractivity contribution in [1.82, 2.24) is 4.90 Å². The number of likely N-dealkylation sites (tertiary alicyclic amines) is 1. The van der Waals surface area contributed by atoms with Gasteiger partial charge in [-0.05, 0) is 29.8 Å². The van der Waals surface area contributed by atoms with Crippen LogP contribution in [-0.4, -0.2) is 35.3 Å². The SMILES string of the molecule is O=C(Nc1ccc(F)cc1)N1CCC2(CC1)CC(c1ccccc1)=NO2. The van der Waals surface area contributed by atoms with Gasteiger partial charge < -0.3 is 15.1 Å². The maximum Gasteiger partial charge on any atom is 0.321 e. The molecule has 0 saturated carbocycles. The molecule has 2 aliphatic rings. The third-order valence-corrected chi connectivity index (χ3v) is 5.00. The first-order chi connectivity index (χ1) is 12.6. The Labute approximate surface area is 151 Å². The van der Waals surface area contributed by atoms with E-state index >= 15 is 0 Å². The standard InChI is InChI=1S/C20H20FN3O2/c21-16-6-8-17(9-7-16)22-19(25)24-12-10-20(11-13-24)14-18(23-26-20)15-4-2-1-3-5-15/h1-9H,10-14H2,(H,22,25). The van der Waals surface area contributed by atoms with E-state index in [2.05, 4.69) is 10.5 Å². The van der Waals surface area contributed by atoms with Crippen LogP contribution < -0.4 is 5.32 Å². The summed E-state index contributed by atoms with van der Waals surface area (Å²) in [6, 6.07) is 15.6. The van der Waals surface area contributed by atoms with E-state index in [0.717, 1.165) is 30.5 Å². The van der Waals surface area contributed by atoms with Gasteiger partial charge in [0.1, 0.15) is 11.4 Å². The van der Waals surface area contributed by atoms with Crippen LogP contribution >= 0.6 is 0 Å². The Balaban J connectivity index is 1.33. The van der Waals surface area contributed by atoms with Gasteiger partial charge in [-0.15, -0.1) is 0 Å². The molecule has 134 valence electrons. The lowest BCUT2D eigenvalue weighted by molar-refractivity contribution is -0.0544. The molecular weight excluding hydrogens is 333 g/mol. The zero-order valence-corrected chi connectivity index (χ0v) is 14.3.